The molecule has 0 radical (unpaired) electrons. The molecule has 3 aromatic carbocycles. The van der Waals surface area contributed by atoms with Gasteiger partial charge in [0.2, 0.25) is 0 Å². The lowest BCUT2D eigenvalue weighted by atomic mass is 10.2. The zero-order valence-corrected chi connectivity index (χ0v) is 16.6. The number of benzene rings is 3. The summed E-state index contributed by atoms with van der Waals surface area (Å²) in [6.45, 7) is 0.946. The van der Waals surface area contributed by atoms with Crippen LogP contribution >= 0.6 is 34.8 Å². The number of hydrogen-bond acceptors (Lipinski definition) is 3. The van der Waals surface area contributed by atoms with Gasteiger partial charge in [-0.2, -0.15) is 5.10 Å². The molecule has 0 saturated carbocycles. The van der Waals surface area contributed by atoms with Gasteiger partial charge >= 0.3 is 0 Å². The Labute approximate surface area is 173 Å². The topological polar surface area (TPSA) is 33.6 Å². The van der Waals surface area contributed by atoms with Gasteiger partial charge in [0, 0.05) is 20.6 Å². The minimum absolute atomic E-state index is 0.456. The molecule has 27 heavy (non-hydrogen) atoms. The molecule has 3 nitrogen and oxygen atoms in total. The van der Waals surface area contributed by atoms with Crippen molar-refractivity contribution in [1.29, 1.82) is 0 Å². The molecule has 0 aromatic heterocycles. The highest BCUT2D eigenvalue weighted by Crippen LogP contribution is 2.23. The Morgan fingerprint density at radius 1 is 0.852 bits per heavy atom. The number of halogens is 3. The monoisotopic (exact) mass is 418 g/mol. The van der Waals surface area contributed by atoms with Crippen molar-refractivity contribution in [3.05, 3.63) is 98.5 Å². The maximum absolute atomic E-state index is 6.13. The van der Waals surface area contributed by atoms with Gasteiger partial charge in [-0.1, -0.05) is 53.0 Å². The highest BCUT2D eigenvalue weighted by Gasteiger charge is 2.03. The molecule has 3 rings (SSSR count). The van der Waals surface area contributed by atoms with Crippen molar-refractivity contribution >= 4 is 41.0 Å². The molecule has 0 spiro atoms. The summed E-state index contributed by atoms with van der Waals surface area (Å²) in [5.41, 5.74) is 5.79. The fraction of sp³-hybridized carbons (Fsp3) is 0.0952. The number of hydrogen-bond donors (Lipinski definition) is 1. The van der Waals surface area contributed by atoms with E-state index in [4.69, 9.17) is 39.5 Å². The van der Waals surface area contributed by atoms with Crippen molar-refractivity contribution in [3.8, 4) is 5.75 Å². The van der Waals surface area contributed by atoms with Crippen molar-refractivity contribution in [2.24, 2.45) is 5.10 Å². The SMILES string of the molecule is Clc1ccc(COc2ccc(/C=N/NCc3c(Cl)cccc3Cl)cc2)cc1. The fourth-order valence-corrected chi connectivity index (χ4v) is 3.00. The van der Waals surface area contributed by atoms with Crippen LogP contribution in [0.4, 0.5) is 0 Å². The van der Waals surface area contributed by atoms with Crippen LogP contribution < -0.4 is 10.2 Å². The zero-order chi connectivity index (χ0) is 19.1. The number of ether oxygens (including phenoxy) is 1. The van der Waals surface area contributed by atoms with E-state index < -0.39 is 0 Å². The van der Waals surface area contributed by atoms with Gasteiger partial charge in [0.1, 0.15) is 12.4 Å². The lowest BCUT2D eigenvalue weighted by molar-refractivity contribution is 0.306. The average Bonchev–Trinajstić information content (AvgIpc) is 2.67. The summed E-state index contributed by atoms with van der Waals surface area (Å²) in [4.78, 5) is 0. The van der Waals surface area contributed by atoms with Gasteiger partial charge in [-0.25, -0.2) is 0 Å². The summed E-state index contributed by atoms with van der Waals surface area (Å²) in [6.07, 6.45) is 1.73. The number of nitrogens with zero attached hydrogens (tertiary/aromatic N) is 1. The third-order valence-corrected chi connectivity index (χ3v) is 4.78. The Bertz CT molecular complexity index is 889. The molecule has 0 unspecified atom stereocenters. The standard InChI is InChI=1S/C21H17Cl3N2O/c22-17-8-4-16(5-9-17)14-27-18-10-6-15(7-11-18)12-25-26-13-19-20(23)2-1-3-21(19)24/h1-12,26H,13-14H2/b25-12+. The van der Waals surface area contributed by atoms with Crippen LogP contribution in [-0.4, -0.2) is 6.21 Å². The molecule has 3 aromatic rings. The normalized spacial score (nSPS) is 10.9. The third-order valence-electron chi connectivity index (χ3n) is 3.82. The van der Waals surface area contributed by atoms with E-state index in [2.05, 4.69) is 10.5 Å². The van der Waals surface area contributed by atoms with Gasteiger partial charge < -0.3 is 10.2 Å². The third kappa shape index (κ3) is 5.90. The van der Waals surface area contributed by atoms with E-state index in [1.165, 1.54) is 0 Å². The fourth-order valence-electron chi connectivity index (χ4n) is 2.34. The van der Waals surface area contributed by atoms with E-state index in [0.717, 1.165) is 22.4 Å². The Morgan fingerprint density at radius 2 is 1.52 bits per heavy atom. The van der Waals surface area contributed by atoms with Crippen LogP contribution in [0.25, 0.3) is 0 Å². The van der Waals surface area contributed by atoms with Crippen molar-refractivity contribution in [3.63, 3.8) is 0 Å². The smallest absolute Gasteiger partial charge is 0.119 e. The molecular formula is C21H17Cl3N2O. The van der Waals surface area contributed by atoms with Crippen LogP contribution in [0.1, 0.15) is 16.7 Å². The quantitative estimate of drug-likeness (QED) is 0.357. The Morgan fingerprint density at radius 3 is 2.19 bits per heavy atom. The molecule has 0 saturated heterocycles. The highest BCUT2D eigenvalue weighted by molar-refractivity contribution is 6.36. The van der Waals surface area contributed by atoms with Crippen LogP contribution in [-0.2, 0) is 13.2 Å². The molecule has 0 atom stereocenters. The van der Waals surface area contributed by atoms with Gasteiger partial charge in [0.25, 0.3) is 0 Å². The maximum atomic E-state index is 6.13. The minimum Gasteiger partial charge on any atom is -0.489 e. The van der Waals surface area contributed by atoms with Crippen LogP contribution in [0.3, 0.4) is 0 Å². The molecule has 0 aliphatic rings. The second-order valence-corrected chi connectivity index (χ2v) is 7.03. The molecule has 0 aliphatic heterocycles. The van der Waals surface area contributed by atoms with E-state index >= 15 is 0 Å². The molecule has 1 N–H and O–H groups in total. The lowest BCUT2D eigenvalue weighted by Crippen LogP contribution is -2.06. The first kappa shape index (κ1) is 19.6. The zero-order valence-electron chi connectivity index (χ0n) is 14.3. The Balaban J connectivity index is 1.50. The van der Waals surface area contributed by atoms with E-state index in [0.29, 0.717) is 28.2 Å². The van der Waals surface area contributed by atoms with Crippen LogP contribution in [0.5, 0.6) is 5.75 Å². The number of hydrazone groups is 1. The Hall–Kier alpha value is -2.20. The summed E-state index contributed by atoms with van der Waals surface area (Å²) in [5, 5.41) is 6.16. The van der Waals surface area contributed by atoms with Gasteiger partial charge in [-0.05, 0) is 59.7 Å². The summed E-state index contributed by atoms with van der Waals surface area (Å²) >= 11 is 18.1. The molecule has 0 fully saturated rings. The van der Waals surface area contributed by atoms with Crippen LogP contribution in [0.2, 0.25) is 15.1 Å². The predicted octanol–water partition coefficient (Wildman–Crippen LogP) is 6.35. The maximum Gasteiger partial charge on any atom is 0.119 e. The van der Waals surface area contributed by atoms with Crippen molar-refractivity contribution in [2.75, 3.05) is 0 Å². The van der Waals surface area contributed by atoms with E-state index in [1.807, 2.05) is 54.6 Å². The van der Waals surface area contributed by atoms with Crippen molar-refractivity contribution < 1.29 is 4.74 Å². The summed E-state index contributed by atoms with van der Waals surface area (Å²) < 4.78 is 5.76. The first-order chi connectivity index (χ1) is 13.1. The van der Waals surface area contributed by atoms with E-state index in [9.17, 15) is 0 Å². The average molecular weight is 420 g/mol. The minimum atomic E-state index is 0.456. The lowest BCUT2D eigenvalue weighted by Gasteiger charge is -2.07. The first-order valence-corrected chi connectivity index (χ1v) is 9.41. The van der Waals surface area contributed by atoms with Crippen molar-refractivity contribution in [2.45, 2.75) is 13.2 Å². The summed E-state index contributed by atoms with van der Waals surface area (Å²) in [5.74, 6) is 0.790. The van der Waals surface area contributed by atoms with Gasteiger partial charge in [0.05, 0.1) is 12.8 Å². The Kier molecular flexibility index (Phi) is 6.99. The van der Waals surface area contributed by atoms with Crippen LogP contribution in [0, 0.1) is 0 Å². The number of rotatable bonds is 7. The largest absolute Gasteiger partial charge is 0.489 e. The second-order valence-electron chi connectivity index (χ2n) is 5.78. The molecule has 0 heterocycles. The molecule has 0 aliphatic carbocycles. The van der Waals surface area contributed by atoms with Gasteiger partial charge in [-0.3, -0.25) is 0 Å². The first-order valence-electron chi connectivity index (χ1n) is 8.28. The second kappa shape index (κ2) is 9.65. The molecule has 0 amide bonds. The van der Waals surface area contributed by atoms with Gasteiger partial charge in [0.15, 0.2) is 0 Å². The number of nitrogens with one attached hydrogen (secondary N) is 1. The molecule has 138 valence electrons. The molecule has 6 heteroatoms. The summed E-state index contributed by atoms with van der Waals surface area (Å²) in [7, 11) is 0. The van der Waals surface area contributed by atoms with E-state index in [-0.39, 0.29) is 0 Å². The highest BCUT2D eigenvalue weighted by atomic mass is 35.5. The van der Waals surface area contributed by atoms with Gasteiger partial charge in [-0.15, -0.1) is 0 Å². The predicted molar refractivity (Wildman–Crippen MR) is 113 cm³/mol. The van der Waals surface area contributed by atoms with E-state index in [1.54, 1.807) is 18.3 Å². The van der Waals surface area contributed by atoms with Crippen molar-refractivity contribution in [1.82, 2.24) is 5.43 Å². The molecule has 0 bridgehead atoms. The molecular weight excluding hydrogens is 403 g/mol. The summed E-state index contributed by atoms with van der Waals surface area (Å²) in [6, 6.07) is 20.7. The van der Waals surface area contributed by atoms with Crippen LogP contribution in [0.15, 0.2) is 71.8 Å².